The minimum absolute atomic E-state index is 0.118. The minimum atomic E-state index is -0.375. The number of aromatic nitrogens is 2. The highest BCUT2D eigenvalue weighted by Crippen LogP contribution is 2.41. The van der Waals surface area contributed by atoms with Crippen molar-refractivity contribution in [3.63, 3.8) is 0 Å². The SMILES string of the molecule is CC1CCC(CN)(c2nc(C3(C)CCCO3)no2)CC1. The third-order valence-corrected chi connectivity index (χ3v) is 5.19. The molecule has 1 saturated carbocycles. The molecule has 20 heavy (non-hydrogen) atoms. The Labute approximate surface area is 120 Å². The monoisotopic (exact) mass is 279 g/mol. The Bertz CT molecular complexity index is 457. The largest absolute Gasteiger partial charge is 0.367 e. The number of hydrogen-bond acceptors (Lipinski definition) is 5. The van der Waals surface area contributed by atoms with Crippen molar-refractivity contribution in [2.24, 2.45) is 11.7 Å². The normalized spacial score (nSPS) is 38.2. The van der Waals surface area contributed by atoms with Gasteiger partial charge in [0.1, 0.15) is 5.60 Å². The van der Waals surface area contributed by atoms with Crippen molar-refractivity contribution in [2.45, 2.75) is 63.4 Å². The maximum Gasteiger partial charge on any atom is 0.234 e. The minimum Gasteiger partial charge on any atom is -0.367 e. The molecule has 5 nitrogen and oxygen atoms in total. The summed E-state index contributed by atoms with van der Waals surface area (Å²) in [7, 11) is 0. The molecule has 2 fully saturated rings. The fourth-order valence-corrected chi connectivity index (χ4v) is 3.43. The van der Waals surface area contributed by atoms with E-state index in [-0.39, 0.29) is 11.0 Å². The van der Waals surface area contributed by atoms with Crippen molar-refractivity contribution >= 4 is 0 Å². The van der Waals surface area contributed by atoms with Crippen molar-refractivity contribution in [1.29, 1.82) is 0 Å². The second-order valence-electron chi connectivity index (χ2n) is 6.77. The molecule has 1 aliphatic carbocycles. The molecule has 1 unspecified atom stereocenters. The van der Waals surface area contributed by atoms with Crippen LogP contribution < -0.4 is 5.73 Å². The second-order valence-corrected chi connectivity index (χ2v) is 6.77. The van der Waals surface area contributed by atoms with E-state index in [1.165, 1.54) is 12.8 Å². The summed E-state index contributed by atoms with van der Waals surface area (Å²) in [5.41, 5.74) is 5.56. The van der Waals surface area contributed by atoms with Crippen molar-refractivity contribution in [1.82, 2.24) is 10.1 Å². The first-order chi connectivity index (χ1) is 9.58. The van der Waals surface area contributed by atoms with Crippen LogP contribution in [0, 0.1) is 5.92 Å². The van der Waals surface area contributed by atoms with E-state index < -0.39 is 0 Å². The summed E-state index contributed by atoms with van der Waals surface area (Å²) in [5.74, 6) is 2.18. The molecular weight excluding hydrogens is 254 g/mol. The Hall–Kier alpha value is -0.940. The molecule has 112 valence electrons. The lowest BCUT2D eigenvalue weighted by Crippen LogP contribution is -2.39. The first-order valence-electron chi connectivity index (χ1n) is 7.77. The predicted octanol–water partition coefficient (Wildman–Crippen LogP) is 2.50. The van der Waals surface area contributed by atoms with E-state index in [9.17, 15) is 0 Å². The van der Waals surface area contributed by atoms with Gasteiger partial charge in [-0.25, -0.2) is 0 Å². The van der Waals surface area contributed by atoms with Gasteiger partial charge in [0, 0.05) is 13.2 Å². The van der Waals surface area contributed by atoms with Gasteiger partial charge in [-0.3, -0.25) is 0 Å². The molecule has 1 aromatic rings. The Morgan fingerprint density at radius 2 is 2.05 bits per heavy atom. The number of nitrogens with zero attached hydrogens (tertiary/aromatic N) is 2. The van der Waals surface area contributed by atoms with Gasteiger partial charge in [-0.2, -0.15) is 4.98 Å². The van der Waals surface area contributed by atoms with E-state index >= 15 is 0 Å². The fraction of sp³-hybridized carbons (Fsp3) is 0.867. The first kappa shape index (κ1) is 14.0. The lowest BCUT2D eigenvalue weighted by Gasteiger charge is -2.35. The Morgan fingerprint density at radius 3 is 2.65 bits per heavy atom. The summed E-state index contributed by atoms with van der Waals surface area (Å²) in [6.07, 6.45) is 6.47. The summed E-state index contributed by atoms with van der Waals surface area (Å²) < 4.78 is 11.4. The van der Waals surface area contributed by atoms with Crippen molar-refractivity contribution in [3.05, 3.63) is 11.7 Å². The lowest BCUT2D eigenvalue weighted by molar-refractivity contribution is 0.00768. The maximum absolute atomic E-state index is 6.05. The van der Waals surface area contributed by atoms with Crippen LogP contribution in [0.4, 0.5) is 0 Å². The summed E-state index contributed by atoms with van der Waals surface area (Å²) in [6, 6.07) is 0. The summed E-state index contributed by atoms with van der Waals surface area (Å²) >= 11 is 0. The average molecular weight is 279 g/mol. The van der Waals surface area contributed by atoms with E-state index in [1.807, 2.05) is 6.92 Å². The second kappa shape index (κ2) is 5.11. The third kappa shape index (κ3) is 2.27. The highest BCUT2D eigenvalue weighted by Gasteiger charge is 2.42. The van der Waals surface area contributed by atoms with Gasteiger partial charge in [0.2, 0.25) is 11.7 Å². The van der Waals surface area contributed by atoms with Gasteiger partial charge >= 0.3 is 0 Å². The van der Waals surface area contributed by atoms with Crippen LogP contribution in [0.3, 0.4) is 0 Å². The molecule has 0 amide bonds. The molecule has 0 bridgehead atoms. The molecular formula is C15H25N3O2. The average Bonchev–Trinajstić information content (AvgIpc) is 3.10. The van der Waals surface area contributed by atoms with Crippen molar-refractivity contribution in [3.8, 4) is 0 Å². The van der Waals surface area contributed by atoms with Gasteiger partial charge in [-0.15, -0.1) is 0 Å². The van der Waals surface area contributed by atoms with Crippen LogP contribution >= 0.6 is 0 Å². The van der Waals surface area contributed by atoms with Crippen LogP contribution in [-0.4, -0.2) is 23.3 Å². The fourth-order valence-electron chi connectivity index (χ4n) is 3.43. The molecule has 1 aromatic heterocycles. The van der Waals surface area contributed by atoms with E-state index in [0.29, 0.717) is 12.4 Å². The molecule has 0 aromatic carbocycles. The Kier molecular flexibility index (Phi) is 3.58. The number of hydrogen-bond donors (Lipinski definition) is 1. The summed E-state index contributed by atoms with van der Waals surface area (Å²) in [4.78, 5) is 4.67. The Morgan fingerprint density at radius 1 is 1.30 bits per heavy atom. The lowest BCUT2D eigenvalue weighted by atomic mass is 9.70. The number of nitrogens with two attached hydrogens (primary N) is 1. The van der Waals surface area contributed by atoms with Crippen LogP contribution in [0.15, 0.2) is 4.52 Å². The first-order valence-corrected chi connectivity index (χ1v) is 7.77. The standard InChI is InChI=1S/C15H25N3O2/c1-11-4-7-15(10-16,8-5-11)13-17-12(18-20-13)14(2)6-3-9-19-14/h11H,3-10,16H2,1-2H3. The summed E-state index contributed by atoms with van der Waals surface area (Å²) in [5, 5.41) is 4.19. The zero-order valence-corrected chi connectivity index (χ0v) is 12.5. The van der Waals surface area contributed by atoms with Crippen LogP contribution in [0.5, 0.6) is 0 Å². The highest BCUT2D eigenvalue weighted by atomic mass is 16.5. The highest BCUT2D eigenvalue weighted by molar-refractivity contribution is 5.11. The van der Waals surface area contributed by atoms with Gasteiger partial charge in [-0.05, 0) is 51.4 Å². The van der Waals surface area contributed by atoms with Crippen LogP contribution in [0.1, 0.15) is 64.1 Å². The smallest absolute Gasteiger partial charge is 0.234 e. The van der Waals surface area contributed by atoms with E-state index in [4.69, 9.17) is 15.0 Å². The molecule has 0 spiro atoms. The molecule has 2 aliphatic rings. The van der Waals surface area contributed by atoms with Crippen LogP contribution in [0.2, 0.25) is 0 Å². The molecule has 1 atom stereocenters. The molecule has 1 aliphatic heterocycles. The van der Waals surface area contributed by atoms with Gasteiger partial charge in [-0.1, -0.05) is 12.1 Å². The molecule has 3 rings (SSSR count). The zero-order valence-electron chi connectivity index (χ0n) is 12.5. The zero-order chi connectivity index (χ0) is 14.2. The quantitative estimate of drug-likeness (QED) is 0.920. The van der Waals surface area contributed by atoms with Crippen LogP contribution in [0.25, 0.3) is 0 Å². The van der Waals surface area contributed by atoms with Gasteiger partial charge in [0.25, 0.3) is 0 Å². The maximum atomic E-state index is 6.05. The summed E-state index contributed by atoms with van der Waals surface area (Å²) in [6.45, 7) is 5.71. The van der Waals surface area contributed by atoms with E-state index in [0.717, 1.165) is 44.1 Å². The third-order valence-electron chi connectivity index (χ3n) is 5.19. The molecule has 2 heterocycles. The van der Waals surface area contributed by atoms with Gasteiger partial charge < -0.3 is 15.0 Å². The van der Waals surface area contributed by atoms with Gasteiger partial charge in [0.15, 0.2) is 0 Å². The molecule has 5 heteroatoms. The molecule has 2 N–H and O–H groups in total. The molecule has 1 saturated heterocycles. The van der Waals surface area contributed by atoms with Crippen molar-refractivity contribution in [2.75, 3.05) is 13.2 Å². The topological polar surface area (TPSA) is 74.2 Å². The molecule has 0 radical (unpaired) electrons. The predicted molar refractivity (Wildman–Crippen MR) is 75.2 cm³/mol. The van der Waals surface area contributed by atoms with E-state index in [2.05, 4.69) is 17.1 Å². The van der Waals surface area contributed by atoms with E-state index in [1.54, 1.807) is 0 Å². The van der Waals surface area contributed by atoms with Crippen LogP contribution in [-0.2, 0) is 15.8 Å². The Balaban J connectivity index is 1.85. The number of rotatable bonds is 3. The van der Waals surface area contributed by atoms with Crippen molar-refractivity contribution < 1.29 is 9.26 Å². The van der Waals surface area contributed by atoms with Gasteiger partial charge in [0.05, 0.1) is 5.41 Å². The number of ether oxygens (including phenoxy) is 1.